The van der Waals surface area contributed by atoms with Gasteiger partial charge in [-0.2, -0.15) is 0 Å². The van der Waals surface area contributed by atoms with Gasteiger partial charge in [-0.3, -0.25) is 0 Å². The molecule has 0 spiro atoms. The molecule has 2 fully saturated rings. The molecule has 0 aromatic carbocycles. The second-order valence-electron chi connectivity index (χ2n) is 5.47. The summed E-state index contributed by atoms with van der Waals surface area (Å²) in [6.07, 6.45) is 4.21. The van der Waals surface area contributed by atoms with Crippen LogP contribution in [0.1, 0.15) is 30.6 Å². The van der Waals surface area contributed by atoms with Crippen molar-refractivity contribution in [3.05, 3.63) is 22.4 Å². The molecule has 0 atom stereocenters. The summed E-state index contributed by atoms with van der Waals surface area (Å²) < 4.78 is 5.28. The van der Waals surface area contributed by atoms with E-state index in [0.717, 1.165) is 32.6 Å². The molecule has 3 rings (SSSR count). The molecule has 0 unspecified atom stereocenters. The van der Waals surface area contributed by atoms with Gasteiger partial charge in [-0.25, -0.2) is 4.79 Å². The number of rotatable bonds is 4. The maximum Gasteiger partial charge on any atom is 0.315 e. The summed E-state index contributed by atoms with van der Waals surface area (Å²) in [5.41, 5.74) is 0.223. The highest BCUT2D eigenvalue weighted by molar-refractivity contribution is 7.10. The van der Waals surface area contributed by atoms with Crippen molar-refractivity contribution in [2.45, 2.75) is 37.1 Å². The summed E-state index contributed by atoms with van der Waals surface area (Å²) in [6.45, 7) is 2.26. The van der Waals surface area contributed by atoms with E-state index in [1.165, 1.54) is 17.7 Å². The molecule has 0 radical (unpaired) electrons. The predicted molar refractivity (Wildman–Crippen MR) is 75.6 cm³/mol. The molecule has 19 heavy (non-hydrogen) atoms. The first-order valence-corrected chi connectivity index (χ1v) is 7.83. The molecular formula is C14H20N2O2S. The minimum Gasteiger partial charge on any atom is -0.381 e. The van der Waals surface area contributed by atoms with Crippen molar-refractivity contribution in [3.8, 4) is 0 Å². The SMILES string of the molecule is O=C(NCC1(c2cccs2)CC1)NC1CCOCC1. The summed E-state index contributed by atoms with van der Waals surface area (Å²) in [5, 5.41) is 8.18. The fourth-order valence-corrected chi connectivity index (χ4v) is 3.56. The maximum atomic E-state index is 11.9. The fourth-order valence-electron chi connectivity index (χ4n) is 2.57. The van der Waals surface area contributed by atoms with E-state index in [1.807, 2.05) is 0 Å². The monoisotopic (exact) mass is 280 g/mol. The summed E-state index contributed by atoms with van der Waals surface area (Å²) >= 11 is 1.79. The van der Waals surface area contributed by atoms with Crippen LogP contribution in [0.2, 0.25) is 0 Å². The van der Waals surface area contributed by atoms with Crippen LogP contribution in [0.3, 0.4) is 0 Å². The van der Waals surface area contributed by atoms with Gasteiger partial charge in [0.2, 0.25) is 0 Å². The highest BCUT2D eigenvalue weighted by Crippen LogP contribution is 2.49. The minimum absolute atomic E-state index is 0.0327. The number of carbonyl (C=O) groups excluding carboxylic acids is 1. The highest BCUT2D eigenvalue weighted by atomic mass is 32.1. The molecule has 1 aliphatic heterocycles. The van der Waals surface area contributed by atoms with Crippen molar-refractivity contribution in [2.24, 2.45) is 0 Å². The molecule has 104 valence electrons. The van der Waals surface area contributed by atoms with E-state index in [0.29, 0.717) is 0 Å². The average molecular weight is 280 g/mol. The second kappa shape index (κ2) is 5.51. The molecule has 2 amide bonds. The minimum atomic E-state index is -0.0327. The van der Waals surface area contributed by atoms with Crippen molar-refractivity contribution < 1.29 is 9.53 Å². The molecule has 1 aromatic heterocycles. The summed E-state index contributed by atoms with van der Waals surface area (Å²) in [7, 11) is 0. The zero-order valence-electron chi connectivity index (χ0n) is 11.0. The molecule has 1 saturated carbocycles. The van der Waals surface area contributed by atoms with Gasteiger partial charge in [-0.15, -0.1) is 11.3 Å². The van der Waals surface area contributed by atoms with Gasteiger partial charge in [0.1, 0.15) is 0 Å². The van der Waals surface area contributed by atoms with E-state index in [2.05, 4.69) is 28.1 Å². The third kappa shape index (κ3) is 3.09. The van der Waals surface area contributed by atoms with Crippen LogP contribution in [0.5, 0.6) is 0 Å². The van der Waals surface area contributed by atoms with Gasteiger partial charge in [0.15, 0.2) is 0 Å². The molecular weight excluding hydrogens is 260 g/mol. The first-order chi connectivity index (χ1) is 9.28. The Bertz CT molecular complexity index is 423. The average Bonchev–Trinajstić information content (AvgIpc) is 3.01. The standard InChI is InChI=1S/C14H20N2O2S/c17-13(16-11-3-7-18-8-4-11)15-10-14(5-6-14)12-2-1-9-19-12/h1-2,9,11H,3-8,10H2,(H2,15,16,17). The lowest BCUT2D eigenvalue weighted by Gasteiger charge is -2.24. The number of hydrogen-bond donors (Lipinski definition) is 2. The fraction of sp³-hybridized carbons (Fsp3) is 0.643. The number of hydrogen-bond acceptors (Lipinski definition) is 3. The van der Waals surface area contributed by atoms with Gasteiger partial charge in [-0.05, 0) is 37.1 Å². The quantitative estimate of drug-likeness (QED) is 0.889. The van der Waals surface area contributed by atoms with E-state index < -0.39 is 0 Å². The Hall–Kier alpha value is -1.07. The number of ether oxygens (including phenoxy) is 1. The smallest absolute Gasteiger partial charge is 0.315 e. The Kier molecular flexibility index (Phi) is 3.75. The zero-order chi connectivity index (χ0) is 13.1. The van der Waals surface area contributed by atoms with Gasteiger partial charge in [0, 0.05) is 36.1 Å². The Labute approximate surface area is 117 Å². The molecule has 2 N–H and O–H groups in total. The maximum absolute atomic E-state index is 11.9. The Morgan fingerprint density at radius 1 is 1.42 bits per heavy atom. The van der Waals surface area contributed by atoms with Crippen molar-refractivity contribution in [1.82, 2.24) is 10.6 Å². The van der Waals surface area contributed by atoms with E-state index in [4.69, 9.17) is 4.74 Å². The van der Waals surface area contributed by atoms with Crippen LogP contribution >= 0.6 is 11.3 Å². The van der Waals surface area contributed by atoms with Crippen LogP contribution in [0.15, 0.2) is 17.5 Å². The van der Waals surface area contributed by atoms with Crippen LogP contribution in [0.4, 0.5) is 4.79 Å². The Morgan fingerprint density at radius 3 is 2.84 bits per heavy atom. The molecule has 4 nitrogen and oxygen atoms in total. The lowest BCUT2D eigenvalue weighted by atomic mass is 10.1. The number of thiophene rings is 1. The topological polar surface area (TPSA) is 50.4 Å². The van der Waals surface area contributed by atoms with E-state index in [-0.39, 0.29) is 17.5 Å². The van der Waals surface area contributed by atoms with Gasteiger partial charge in [0.25, 0.3) is 0 Å². The summed E-state index contributed by atoms with van der Waals surface area (Å²) in [6, 6.07) is 4.50. The zero-order valence-corrected chi connectivity index (χ0v) is 11.8. The number of urea groups is 1. The first kappa shape index (κ1) is 12.9. The Morgan fingerprint density at radius 2 is 2.21 bits per heavy atom. The molecule has 1 saturated heterocycles. The van der Waals surface area contributed by atoms with Crippen LogP contribution < -0.4 is 10.6 Å². The Balaban J connectivity index is 1.46. The first-order valence-electron chi connectivity index (χ1n) is 6.95. The van der Waals surface area contributed by atoms with Crippen LogP contribution in [-0.4, -0.2) is 31.8 Å². The van der Waals surface area contributed by atoms with Gasteiger partial charge in [-0.1, -0.05) is 6.07 Å². The molecule has 5 heteroatoms. The number of amides is 2. The lowest BCUT2D eigenvalue weighted by Crippen LogP contribution is -2.46. The van der Waals surface area contributed by atoms with Crippen LogP contribution in [-0.2, 0) is 10.2 Å². The molecule has 2 heterocycles. The van der Waals surface area contributed by atoms with E-state index in [1.54, 1.807) is 11.3 Å². The van der Waals surface area contributed by atoms with E-state index in [9.17, 15) is 4.79 Å². The van der Waals surface area contributed by atoms with Gasteiger partial charge < -0.3 is 15.4 Å². The summed E-state index contributed by atoms with van der Waals surface area (Å²) in [5.74, 6) is 0. The van der Waals surface area contributed by atoms with Crippen molar-refractivity contribution in [1.29, 1.82) is 0 Å². The van der Waals surface area contributed by atoms with Gasteiger partial charge in [0.05, 0.1) is 0 Å². The largest absolute Gasteiger partial charge is 0.381 e. The van der Waals surface area contributed by atoms with Crippen LogP contribution in [0.25, 0.3) is 0 Å². The van der Waals surface area contributed by atoms with E-state index >= 15 is 0 Å². The van der Waals surface area contributed by atoms with Crippen molar-refractivity contribution in [2.75, 3.05) is 19.8 Å². The molecule has 2 aliphatic rings. The van der Waals surface area contributed by atoms with Crippen LogP contribution in [0, 0.1) is 0 Å². The molecule has 1 aliphatic carbocycles. The highest BCUT2D eigenvalue weighted by Gasteiger charge is 2.45. The normalized spacial score (nSPS) is 21.9. The second-order valence-corrected chi connectivity index (χ2v) is 6.42. The lowest BCUT2D eigenvalue weighted by molar-refractivity contribution is 0.0800. The van der Waals surface area contributed by atoms with Crippen molar-refractivity contribution in [3.63, 3.8) is 0 Å². The van der Waals surface area contributed by atoms with Gasteiger partial charge >= 0.3 is 6.03 Å². The third-order valence-electron chi connectivity index (χ3n) is 4.04. The molecule has 0 bridgehead atoms. The number of carbonyl (C=O) groups is 1. The van der Waals surface area contributed by atoms with Crippen molar-refractivity contribution >= 4 is 17.4 Å². The predicted octanol–water partition coefficient (Wildman–Crippen LogP) is 2.26. The summed E-state index contributed by atoms with van der Waals surface area (Å²) in [4.78, 5) is 13.3. The third-order valence-corrected chi connectivity index (χ3v) is 5.16. The number of nitrogens with one attached hydrogen (secondary N) is 2. The molecule has 1 aromatic rings.